The minimum absolute atomic E-state index is 0.282. The van der Waals surface area contributed by atoms with Gasteiger partial charge in [0, 0.05) is 26.2 Å². The Kier molecular flexibility index (Phi) is 5.63. The maximum atomic E-state index is 12.7. The summed E-state index contributed by atoms with van der Waals surface area (Å²) in [5.41, 5.74) is 6.73. The van der Waals surface area contributed by atoms with Crippen molar-refractivity contribution in [1.29, 1.82) is 0 Å². The highest BCUT2D eigenvalue weighted by Crippen LogP contribution is 2.24. The molecule has 1 fully saturated rings. The molecule has 3 nitrogen and oxygen atoms in total. The summed E-state index contributed by atoms with van der Waals surface area (Å²) in [6.07, 6.45) is 6.77. The number of piperidine rings is 1. The number of aryl methyl sites for hydroxylation is 2. The Morgan fingerprint density at radius 1 is 0.964 bits per heavy atom. The van der Waals surface area contributed by atoms with E-state index in [0.717, 1.165) is 39.0 Å². The summed E-state index contributed by atoms with van der Waals surface area (Å²) < 4.78 is 0. The molecule has 0 bridgehead atoms. The van der Waals surface area contributed by atoms with E-state index in [0.29, 0.717) is 12.5 Å². The standard InChI is InChI=1S/C25H30N2O/c1-19-6-5-7-20(2)24(19)11-10-21-12-14-27(15-13-21)25(28)18-26-16-22-8-3-4-9-23(22)17-26/h3-11,21H,12-18H2,1-2H3/b11-10+. The number of amides is 1. The first kappa shape index (κ1) is 18.9. The molecule has 146 valence electrons. The van der Waals surface area contributed by atoms with E-state index >= 15 is 0 Å². The molecule has 0 N–H and O–H groups in total. The van der Waals surface area contributed by atoms with Crippen LogP contribution in [0.2, 0.25) is 0 Å². The number of rotatable bonds is 4. The quantitative estimate of drug-likeness (QED) is 0.783. The van der Waals surface area contributed by atoms with E-state index in [9.17, 15) is 4.79 Å². The topological polar surface area (TPSA) is 23.6 Å². The number of allylic oxidation sites excluding steroid dienone is 1. The summed E-state index contributed by atoms with van der Waals surface area (Å²) in [6.45, 7) is 8.43. The van der Waals surface area contributed by atoms with Crippen LogP contribution < -0.4 is 0 Å². The molecule has 28 heavy (non-hydrogen) atoms. The number of carbonyl (C=O) groups is 1. The number of nitrogens with zero attached hydrogens (tertiary/aromatic N) is 2. The molecule has 2 heterocycles. The third-order valence-electron chi connectivity index (χ3n) is 6.23. The Bertz CT molecular complexity index is 833. The van der Waals surface area contributed by atoms with Gasteiger partial charge in [-0.1, -0.05) is 54.6 Å². The Morgan fingerprint density at radius 3 is 2.18 bits per heavy atom. The number of fused-ring (bicyclic) bond motifs is 1. The van der Waals surface area contributed by atoms with Crippen molar-refractivity contribution in [1.82, 2.24) is 9.80 Å². The lowest BCUT2D eigenvalue weighted by atomic mass is 9.94. The van der Waals surface area contributed by atoms with Gasteiger partial charge in [0.25, 0.3) is 0 Å². The van der Waals surface area contributed by atoms with Gasteiger partial charge in [-0.15, -0.1) is 0 Å². The van der Waals surface area contributed by atoms with Crippen molar-refractivity contribution in [3.63, 3.8) is 0 Å². The molecule has 1 saturated heterocycles. The van der Waals surface area contributed by atoms with Crippen LogP contribution in [-0.2, 0) is 17.9 Å². The van der Waals surface area contributed by atoms with Crippen molar-refractivity contribution in [2.45, 2.75) is 39.8 Å². The van der Waals surface area contributed by atoms with Gasteiger partial charge < -0.3 is 4.90 Å². The third-order valence-corrected chi connectivity index (χ3v) is 6.23. The Morgan fingerprint density at radius 2 is 1.57 bits per heavy atom. The average Bonchev–Trinajstić information content (AvgIpc) is 3.10. The van der Waals surface area contributed by atoms with Crippen molar-refractivity contribution < 1.29 is 4.79 Å². The highest BCUT2D eigenvalue weighted by molar-refractivity contribution is 5.78. The second kappa shape index (κ2) is 8.32. The summed E-state index contributed by atoms with van der Waals surface area (Å²) >= 11 is 0. The molecule has 2 aromatic rings. The average molecular weight is 375 g/mol. The van der Waals surface area contributed by atoms with E-state index in [1.165, 1.54) is 27.8 Å². The highest BCUT2D eigenvalue weighted by atomic mass is 16.2. The summed E-state index contributed by atoms with van der Waals surface area (Å²) in [7, 11) is 0. The fraction of sp³-hybridized carbons (Fsp3) is 0.400. The van der Waals surface area contributed by atoms with E-state index < -0.39 is 0 Å². The van der Waals surface area contributed by atoms with Gasteiger partial charge in [-0.2, -0.15) is 0 Å². The molecule has 0 unspecified atom stereocenters. The van der Waals surface area contributed by atoms with Gasteiger partial charge in [-0.3, -0.25) is 9.69 Å². The van der Waals surface area contributed by atoms with Crippen molar-refractivity contribution in [3.8, 4) is 0 Å². The zero-order valence-corrected chi connectivity index (χ0v) is 17.0. The van der Waals surface area contributed by atoms with E-state index in [4.69, 9.17) is 0 Å². The number of benzene rings is 2. The molecular formula is C25H30N2O. The second-order valence-corrected chi connectivity index (χ2v) is 8.30. The predicted molar refractivity (Wildman–Crippen MR) is 115 cm³/mol. The number of hydrogen-bond donors (Lipinski definition) is 0. The van der Waals surface area contributed by atoms with E-state index in [1.54, 1.807) is 0 Å². The number of hydrogen-bond acceptors (Lipinski definition) is 2. The highest BCUT2D eigenvalue weighted by Gasteiger charge is 2.25. The van der Waals surface area contributed by atoms with E-state index in [1.807, 2.05) is 0 Å². The monoisotopic (exact) mass is 374 g/mol. The summed E-state index contributed by atoms with van der Waals surface area (Å²) in [6, 6.07) is 15.0. The molecule has 2 aromatic carbocycles. The first-order valence-electron chi connectivity index (χ1n) is 10.4. The van der Waals surface area contributed by atoms with Gasteiger partial charge in [-0.05, 0) is 60.4 Å². The Balaban J connectivity index is 1.27. The van der Waals surface area contributed by atoms with Crippen LogP contribution in [0.25, 0.3) is 6.08 Å². The van der Waals surface area contributed by atoms with Crippen molar-refractivity contribution >= 4 is 12.0 Å². The second-order valence-electron chi connectivity index (χ2n) is 8.30. The maximum Gasteiger partial charge on any atom is 0.236 e. The summed E-state index contributed by atoms with van der Waals surface area (Å²) in [4.78, 5) is 17.1. The van der Waals surface area contributed by atoms with Gasteiger partial charge in [0.2, 0.25) is 5.91 Å². The van der Waals surface area contributed by atoms with Crippen LogP contribution >= 0.6 is 0 Å². The normalized spacial score (nSPS) is 18.0. The molecular weight excluding hydrogens is 344 g/mol. The van der Waals surface area contributed by atoms with Gasteiger partial charge >= 0.3 is 0 Å². The van der Waals surface area contributed by atoms with Crippen molar-refractivity contribution in [3.05, 3.63) is 76.4 Å². The number of likely N-dealkylation sites (tertiary alicyclic amines) is 1. The largest absolute Gasteiger partial charge is 0.342 e. The Labute approximate surface area is 168 Å². The first-order chi connectivity index (χ1) is 13.6. The molecule has 0 atom stereocenters. The minimum Gasteiger partial charge on any atom is -0.342 e. The molecule has 2 aliphatic heterocycles. The summed E-state index contributed by atoms with van der Waals surface area (Å²) in [5.74, 6) is 0.851. The fourth-order valence-electron chi connectivity index (χ4n) is 4.47. The molecule has 3 heteroatoms. The maximum absolute atomic E-state index is 12.7. The van der Waals surface area contributed by atoms with E-state index in [-0.39, 0.29) is 5.91 Å². The van der Waals surface area contributed by atoms with Crippen LogP contribution in [0.3, 0.4) is 0 Å². The molecule has 0 saturated carbocycles. The molecule has 0 aliphatic carbocycles. The predicted octanol–water partition coefficient (Wildman–Crippen LogP) is 4.57. The lowest BCUT2D eigenvalue weighted by molar-refractivity contribution is -0.133. The lowest BCUT2D eigenvalue weighted by Gasteiger charge is -2.32. The van der Waals surface area contributed by atoms with Crippen LogP contribution in [0.15, 0.2) is 48.5 Å². The minimum atomic E-state index is 0.282. The molecule has 1 amide bonds. The van der Waals surface area contributed by atoms with Crippen molar-refractivity contribution in [2.75, 3.05) is 19.6 Å². The van der Waals surface area contributed by atoms with E-state index in [2.05, 4.69) is 78.3 Å². The molecule has 0 aromatic heterocycles. The zero-order valence-electron chi connectivity index (χ0n) is 17.0. The zero-order chi connectivity index (χ0) is 19.5. The van der Waals surface area contributed by atoms with Gasteiger partial charge in [0.05, 0.1) is 6.54 Å². The van der Waals surface area contributed by atoms with Crippen molar-refractivity contribution in [2.24, 2.45) is 5.92 Å². The molecule has 0 spiro atoms. The van der Waals surface area contributed by atoms with Gasteiger partial charge in [0.15, 0.2) is 0 Å². The van der Waals surface area contributed by atoms with Crippen LogP contribution in [0.4, 0.5) is 0 Å². The fourth-order valence-corrected chi connectivity index (χ4v) is 4.47. The third kappa shape index (κ3) is 4.20. The van der Waals surface area contributed by atoms with Crippen LogP contribution in [0.1, 0.15) is 40.7 Å². The van der Waals surface area contributed by atoms with Gasteiger partial charge in [-0.25, -0.2) is 0 Å². The van der Waals surface area contributed by atoms with Crippen LogP contribution in [-0.4, -0.2) is 35.3 Å². The molecule has 4 rings (SSSR count). The van der Waals surface area contributed by atoms with Gasteiger partial charge in [0.1, 0.15) is 0 Å². The van der Waals surface area contributed by atoms with Crippen LogP contribution in [0, 0.1) is 19.8 Å². The van der Waals surface area contributed by atoms with Crippen LogP contribution in [0.5, 0.6) is 0 Å². The first-order valence-corrected chi connectivity index (χ1v) is 10.4. The smallest absolute Gasteiger partial charge is 0.236 e. The Hall–Kier alpha value is -2.39. The molecule has 2 aliphatic rings. The lowest BCUT2D eigenvalue weighted by Crippen LogP contribution is -2.42. The number of carbonyl (C=O) groups excluding carboxylic acids is 1. The SMILES string of the molecule is Cc1cccc(C)c1/C=C/C1CCN(C(=O)CN2Cc3ccccc3C2)CC1. The summed E-state index contributed by atoms with van der Waals surface area (Å²) in [5, 5.41) is 0. The molecule has 0 radical (unpaired) electrons.